The van der Waals surface area contributed by atoms with E-state index in [1.165, 1.54) is 16.2 Å². The van der Waals surface area contributed by atoms with Crippen molar-refractivity contribution >= 4 is 32.5 Å². The van der Waals surface area contributed by atoms with Crippen LogP contribution in [0, 0.1) is 6.92 Å². The summed E-state index contributed by atoms with van der Waals surface area (Å²) in [4.78, 5) is 6.78. The first-order valence-electron chi connectivity index (χ1n) is 7.59. The maximum atomic E-state index is 12.5. The van der Waals surface area contributed by atoms with Crippen LogP contribution in [-0.4, -0.2) is 18.7 Å². The molecule has 0 aliphatic heterocycles. The van der Waals surface area contributed by atoms with Crippen molar-refractivity contribution in [1.82, 2.24) is 4.98 Å². The van der Waals surface area contributed by atoms with Crippen molar-refractivity contribution in [3.8, 4) is 0 Å². The van der Waals surface area contributed by atoms with Crippen LogP contribution in [0.5, 0.6) is 0 Å². The number of nitrogens with zero attached hydrogens (tertiary/aromatic N) is 1. The first kappa shape index (κ1) is 17.6. The zero-order valence-corrected chi connectivity index (χ0v) is 15.9. The fourth-order valence-corrected chi connectivity index (χ4v) is 6.23. The third-order valence-corrected chi connectivity index (χ3v) is 8.98. The number of aryl methyl sites for hydroxylation is 2. The number of hydrogen-bond acceptors (Lipinski definition) is 5. The first-order valence-corrected chi connectivity index (χ1v) is 10.8. The molecule has 0 saturated carbocycles. The second kappa shape index (κ2) is 7.23. The van der Waals surface area contributed by atoms with Gasteiger partial charge in [-0.15, -0.1) is 22.7 Å². The first-order chi connectivity index (χ1) is 10.3. The molecule has 2 aromatic rings. The molecule has 2 heterocycles. The molecule has 122 valence electrons. The van der Waals surface area contributed by atoms with Gasteiger partial charge in [0.2, 0.25) is 0 Å². The molecule has 3 nitrogen and oxygen atoms in total. The lowest BCUT2D eigenvalue weighted by Crippen LogP contribution is -2.17. The summed E-state index contributed by atoms with van der Waals surface area (Å²) < 4.78 is 25.6. The fourth-order valence-electron chi connectivity index (χ4n) is 2.24. The zero-order chi connectivity index (χ0) is 16.3. The van der Waals surface area contributed by atoms with Gasteiger partial charge in [0, 0.05) is 21.9 Å². The van der Waals surface area contributed by atoms with E-state index < -0.39 is 9.84 Å². The third-order valence-electron chi connectivity index (χ3n) is 3.87. The minimum Gasteiger partial charge on any atom is -0.249 e. The van der Waals surface area contributed by atoms with Crippen molar-refractivity contribution in [2.75, 3.05) is 0 Å². The van der Waals surface area contributed by atoms with Crippen molar-refractivity contribution in [2.45, 2.75) is 62.3 Å². The molecule has 0 saturated heterocycles. The lowest BCUT2D eigenvalue weighted by molar-refractivity contribution is 0.562. The van der Waals surface area contributed by atoms with Gasteiger partial charge in [-0.05, 0) is 45.2 Å². The van der Waals surface area contributed by atoms with Crippen LogP contribution in [0.1, 0.15) is 54.3 Å². The topological polar surface area (TPSA) is 47.0 Å². The smallest absolute Gasteiger partial charge is 0.190 e. The van der Waals surface area contributed by atoms with Crippen LogP contribution >= 0.6 is 22.7 Å². The minimum absolute atomic E-state index is 0.313. The van der Waals surface area contributed by atoms with Crippen LogP contribution in [0.3, 0.4) is 0 Å². The van der Waals surface area contributed by atoms with E-state index in [-0.39, 0.29) is 5.25 Å². The van der Waals surface area contributed by atoms with Gasteiger partial charge in [0.25, 0.3) is 0 Å². The highest BCUT2D eigenvalue weighted by atomic mass is 32.2. The largest absolute Gasteiger partial charge is 0.249 e. The van der Waals surface area contributed by atoms with Gasteiger partial charge in [-0.25, -0.2) is 13.4 Å². The van der Waals surface area contributed by atoms with Gasteiger partial charge in [0.1, 0.15) is 4.21 Å². The number of thiazole rings is 1. The number of thiophene rings is 1. The van der Waals surface area contributed by atoms with E-state index in [1.54, 1.807) is 17.4 Å². The van der Waals surface area contributed by atoms with E-state index in [2.05, 4.69) is 18.8 Å². The normalized spacial score (nSPS) is 14.9. The van der Waals surface area contributed by atoms with E-state index >= 15 is 0 Å². The van der Waals surface area contributed by atoms with Gasteiger partial charge in [-0.1, -0.05) is 13.8 Å². The summed E-state index contributed by atoms with van der Waals surface area (Å²) in [6.07, 6.45) is 4.46. The Kier molecular flexibility index (Phi) is 5.80. The van der Waals surface area contributed by atoms with E-state index in [1.807, 2.05) is 26.1 Å². The Hall–Kier alpha value is -0.720. The number of hydrogen-bond donors (Lipinski definition) is 0. The Balaban J connectivity index is 1.98. The molecule has 0 spiro atoms. The van der Waals surface area contributed by atoms with Crippen LogP contribution in [0.25, 0.3) is 0 Å². The summed E-state index contributed by atoms with van der Waals surface area (Å²) in [5.74, 6) is 0.313. The molecule has 2 atom stereocenters. The summed E-state index contributed by atoms with van der Waals surface area (Å²) in [5.41, 5.74) is 0. The highest BCUT2D eigenvalue weighted by Gasteiger charge is 2.25. The van der Waals surface area contributed by atoms with E-state index in [4.69, 9.17) is 0 Å². The van der Waals surface area contributed by atoms with Crippen molar-refractivity contribution in [3.05, 3.63) is 33.1 Å². The van der Waals surface area contributed by atoms with Crippen LogP contribution in [-0.2, 0) is 16.3 Å². The summed E-state index contributed by atoms with van der Waals surface area (Å²) >= 11 is 3.10. The highest BCUT2D eigenvalue weighted by molar-refractivity contribution is 7.94. The predicted octanol–water partition coefficient (Wildman–Crippen LogP) is 4.82. The van der Waals surface area contributed by atoms with Crippen LogP contribution < -0.4 is 0 Å². The molecule has 0 N–H and O–H groups in total. The van der Waals surface area contributed by atoms with Crippen molar-refractivity contribution in [2.24, 2.45) is 0 Å². The molecule has 0 fully saturated rings. The maximum absolute atomic E-state index is 12.5. The average molecular weight is 358 g/mol. The molecular weight excluding hydrogens is 334 g/mol. The Labute approximate surface area is 141 Å². The molecule has 2 aromatic heterocycles. The summed E-state index contributed by atoms with van der Waals surface area (Å²) in [6.45, 7) is 8.01. The molecule has 2 unspecified atom stereocenters. The zero-order valence-electron chi connectivity index (χ0n) is 13.5. The molecule has 0 radical (unpaired) electrons. The van der Waals surface area contributed by atoms with E-state index in [9.17, 15) is 8.42 Å². The Bertz CT molecular complexity index is 715. The van der Waals surface area contributed by atoms with Crippen molar-refractivity contribution < 1.29 is 8.42 Å². The van der Waals surface area contributed by atoms with E-state index in [0.717, 1.165) is 22.7 Å². The van der Waals surface area contributed by atoms with Gasteiger partial charge in [-0.2, -0.15) is 0 Å². The second-order valence-electron chi connectivity index (χ2n) is 5.72. The Morgan fingerprint density at radius 2 is 1.91 bits per heavy atom. The molecule has 0 aliphatic rings. The monoisotopic (exact) mass is 357 g/mol. The molecule has 22 heavy (non-hydrogen) atoms. The standard InChI is InChI=1S/C16H23NO2S3/c1-5-14-10-17-16(21-14)11(2)6-8-13(4)22(18,19)15-9-7-12(3)20-15/h7,9-11,13H,5-6,8H2,1-4H3. The number of sulfone groups is 1. The van der Waals surface area contributed by atoms with Crippen LogP contribution in [0.15, 0.2) is 22.5 Å². The third kappa shape index (κ3) is 3.97. The number of aromatic nitrogens is 1. The van der Waals surface area contributed by atoms with Gasteiger partial charge in [0.15, 0.2) is 9.84 Å². The van der Waals surface area contributed by atoms with Crippen LogP contribution in [0.2, 0.25) is 0 Å². The van der Waals surface area contributed by atoms with Crippen molar-refractivity contribution in [1.29, 1.82) is 0 Å². The number of rotatable bonds is 7. The molecule has 0 bridgehead atoms. The van der Waals surface area contributed by atoms with Gasteiger partial charge in [0.05, 0.1) is 10.3 Å². The fraction of sp³-hybridized carbons (Fsp3) is 0.562. The maximum Gasteiger partial charge on any atom is 0.190 e. The van der Waals surface area contributed by atoms with Gasteiger partial charge < -0.3 is 0 Å². The SMILES string of the molecule is CCc1cnc(C(C)CCC(C)S(=O)(=O)c2ccc(C)s2)s1. The highest BCUT2D eigenvalue weighted by Crippen LogP contribution is 2.30. The second-order valence-corrected chi connectivity index (χ2v) is 10.7. The lowest BCUT2D eigenvalue weighted by Gasteiger charge is -2.14. The molecule has 6 heteroatoms. The molecule has 0 aliphatic carbocycles. The Morgan fingerprint density at radius 1 is 1.18 bits per heavy atom. The molecule has 0 aromatic carbocycles. The van der Waals surface area contributed by atoms with Crippen LogP contribution in [0.4, 0.5) is 0 Å². The van der Waals surface area contributed by atoms with E-state index in [0.29, 0.717) is 16.5 Å². The summed E-state index contributed by atoms with van der Waals surface area (Å²) in [5, 5.41) is 0.770. The van der Waals surface area contributed by atoms with Crippen molar-refractivity contribution in [3.63, 3.8) is 0 Å². The lowest BCUT2D eigenvalue weighted by atomic mass is 10.1. The quantitative estimate of drug-likeness (QED) is 0.713. The minimum atomic E-state index is -3.19. The summed E-state index contributed by atoms with van der Waals surface area (Å²) in [6, 6.07) is 3.60. The summed E-state index contributed by atoms with van der Waals surface area (Å²) in [7, 11) is -3.19. The average Bonchev–Trinajstić information content (AvgIpc) is 3.13. The van der Waals surface area contributed by atoms with Gasteiger partial charge in [-0.3, -0.25) is 0 Å². The van der Waals surface area contributed by atoms with Gasteiger partial charge >= 0.3 is 0 Å². The Morgan fingerprint density at radius 3 is 2.45 bits per heavy atom. The molecular formula is C16H23NO2S3. The predicted molar refractivity (Wildman–Crippen MR) is 94.8 cm³/mol. The molecule has 0 amide bonds. The molecule has 2 rings (SSSR count).